The molecule has 7 heteroatoms. The molecule has 5 nitrogen and oxygen atoms in total. The molecule has 1 aromatic heterocycles. The number of aryl methyl sites for hydroxylation is 1. The molecule has 1 heterocycles. The van der Waals surface area contributed by atoms with Crippen molar-refractivity contribution in [3.05, 3.63) is 73.0 Å². The fourth-order valence-electron chi connectivity index (χ4n) is 2.43. The van der Waals surface area contributed by atoms with Gasteiger partial charge in [-0.2, -0.15) is 0 Å². The highest BCUT2D eigenvalue weighted by Crippen LogP contribution is 2.33. The summed E-state index contributed by atoms with van der Waals surface area (Å²) in [5.74, 6) is 0. The molecule has 0 saturated carbocycles. The minimum Gasteiger partial charge on any atom is -0.422 e. The summed E-state index contributed by atoms with van der Waals surface area (Å²) in [6.07, 6.45) is 0.674. The van der Waals surface area contributed by atoms with Gasteiger partial charge in [0.05, 0.1) is 4.92 Å². The molecule has 24 heavy (non-hydrogen) atoms. The summed E-state index contributed by atoms with van der Waals surface area (Å²) >= 11 is 4.70. The molecule has 122 valence electrons. The Morgan fingerprint density at radius 2 is 1.92 bits per heavy atom. The summed E-state index contributed by atoms with van der Waals surface area (Å²) in [7, 11) is 0. The highest BCUT2D eigenvalue weighted by atomic mass is 79.9. The Bertz CT molecular complexity index is 982. The van der Waals surface area contributed by atoms with E-state index in [1.165, 1.54) is 23.9 Å². The zero-order chi connectivity index (χ0) is 17.3. The number of nitrogens with zero attached hydrogens (tertiary/aromatic N) is 1. The maximum atomic E-state index is 12.4. The van der Waals surface area contributed by atoms with Crippen molar-refractivity contribution in [1.29, 1.82) is 0 Å². The summed E-state index contributed by atoms with van der Waals surface area (Å²) in [5, 5.41) is 11.6. The molecule has 0 aliphatic rings. The molecule has 0 bridgehead atoms. The summed E-state index contributed by atoms with van der Waals surface area (Å²) in [5.41, 5.74) is 1.08. The highest BCUT2D eigenvalue weighted by molar-refractivity contribution is 9.10. The second kappa shape index (κ2) is 6.78. The molecular weight excluding hydrogens is 394 g/mol. The van der Waals surface area contributed by atoms with Gasteiger partial charge in [-0.3, -0.25) is 10.1 Å². The number of benzene rings is 2. The molecule has 0 saturated heterocycles. The second-order valence-corrected chi connectivity index (χ2v) is 7.04. The van der Waals surface area contributed by atoms with E-state index in [0.29, 0.717) is 16.9 Å². The van der Waals surface area contributed by atoms with Crippen molar-refractivity contribution in [3.63, 3.8) is 0 Å². The molecule has 3 rings (SSSR count). The SMILES string of the molecule is CCc1c(Sc2ccc([N+](=O)[O-])cc2)c(=O)oc2ccc(Br)cc12. The maximum absolute atomic E-state index is 12.4. The molecule has 0 amide bonds. The van der Waals surface area contributed by atoms with Crippen LogP contribution >= 0.6 is 27.7 Å². The fraction of sp³-hybridized carbons (Fsp3) is 0.118. The minimum absolute atomic E-state index is 0.0181. The fourth-order valence-corrected chi connectivity index (χ4v) is 3.80. The van der Waals surface area contributed by atoms with Gasteiger partial charge in [0.25, 0.3) is 5.69 Å². The number of halogens is 1. The second-order valence-electron chi connectivity index (χ2n) is 5.04. The number of nitro groups is 1. The van der Waals surface area contributed by atoms with Crippen molar-refractivity contribution >= 4 is 44.3 Å². The van der Waals surface area contributed by atoms with Crippen LogP contribution in [0.25, 0.3) is 11.0 Å². The van der Waals surface area contributed by atoms with Gasteiger partial charge in [0.1, 0.15) is 10.5 Å². The van der Waals surface area contributed by atoms with Gasteiger partial charge in [0.2, 0.25) is 0 Å². The van der Waals surface area contributed by atoms with Gasteiger partial charge in [-0.25, -0.2) is 4.79 Å². The quantitative estimate of drug-likeness (QED) is 0.339. The lowest BCUT2D eigenvalue weighted by atomic mass is 10.1. The maximum Gasteiger partial charge on any atom is 0.350 e. The number of hydrogen-bond acceptors (Lipinski definition) is 5. The average Bonchev–Trinajstić information content (AvgIpc) is 2.56. The van der Waals surface area contributed by atoms with Gasteiger partial charge in [-0.1, -0.05) is 34.6 Å². The zero-order valence-corrected chi connectivity index (χ0v) is 15.0. The van der Waals surface area contributed by atoms with Crippen LogP contribution in [0.15, 0.2) is 65.9 Å². The Labute approximate surface area is 150 Å². The van der Waals surface area contributed by atoms with E-state index in [1.807, 2.05) is 19.1 Å². The van der Waals surface area contributed by atoms with Crippen molar-refractivity contribution in [1.82, 2.24) is 0 Å². The van der Waals surface area contributed by atoms with E-state index in [0.717, 1.165) is 20.3 Å². The summed E-state index contributed by atoms with van der Waals surface area (Å²) < 4.78 is 6.33. The molecule has 0 unspecified atom stereocenters. The van der Waals surface area contributed by atoms with E-state index in [9.17, 15) is 14.9 Å². The minimum atomic E-state index is -0.451. The smallest absolute Gasteiger partial charge is 0.350 e. The predicted molar refractivity (Wildman–Crippen MR) is 96.8 cm³/mol. The van der Waals surface area contributed by atoms with Gasteiger partial charge in [-0.15, -0.1) is 0 Å². The number of non-ortho nitro benzene ring substituents is 1. The normalized spacial score (nSPS) is 10.9. The molecule has 3 aromatic rings. The first-order chi connectivity index (χ1) is 11.5. The molecule has 0 spiro atoms. The van der Waals surface area contributed by atoms with Crippen molar-refractivity contribution < 1.29 is 9.34 Å². The van der Waals surface area contributed by atoms with Gasteiger partial charge in [-0.05, 0) is 42.3 Å². The first-order valence-corrected chi connectivity index (χ1v) is 8.78. The van der Waals surface area contributed by atoms with Crippen LogP contribution < -0.4 is 5.63 Å². The topological polar surface area (TPSA) is 73.3 Å². The van der Waals surface area contributed by atoms with Crippen LogP contribution in [0, 0.1) is 10.1 Å². The summed E-state index contributed by atoms with van der Waals surface area (Å²) in [4.78, 5) is 23.9. The highest BCUT2D eigenvalue weighted by Gasteiger charge is 2.15. The molecule has 0 atom stereocenters. The van der Waals surface area contributed by atoms with Gasteiger partial charge < -0.3 is 4.42 Å². The molecular formula is C17H12BrNO4S. The first-order valence-electron chi connectivity index (χ1n) is 7.17. The van der Waals surface area contributed by atoms with Crippen LogP contribution in [0.4, 0.5) is 5.69 Å². The largest absolute Gasteiger partial charge is 0.422 e. The van der Waals surface area contributed by atoms with E-state index in [-0.39, 0.29) is 5.69 Å². The van der Waals surface area contributed by atoms with E-state index in [1.54, 1.807) is 18.2 Å². The van der Waals surface area contributed by atoms with E-state index in [2.05, 4.69) is 15.9 Å². The van der Waals surface area contributed by atoms with E-state index in [4.69, 9.17) is 4.42 Å². The third-order valence-corrected chi connectivity index (χ3v) is 5.17. The Balaban J connectivity index is 2.09. The van der Waals surface area contributed by atoms with Gasteiger partial charge >= 0.3 is 5.63 Å². The molecule has 0 aliphatic carbocycles. The first kappa shape index (κ1) is 16.7. The predicted octanol–water partition coefficient (Wildman–Crippen LogP) is 5.18. The van der Waals surface area contributed by atoms with Crippen molar-refractivity contribution in [3.8, 4) is 0 Å². The standard InChI is InChI=1S/C17H12BrNO4S/c1-2-13-14-9-10(18)3-8-15(14)23-17(20)16(13)24-12-6-4-11(5-7-12)19(21)22/h3-9H,2H2,1H3. The van der Waals surface area contributed by atoms with Crippen LogP contribution in [0.2, 0.25) is 0 Å². The van der Waals surface area contributed by atoms with Crippen molar-refractivity contribution in [2.75, 3.05) is 0 Å². The number of fused-ring (bicyclic) bond motifs is 1. The Kier molecular flexibility index (Phi) is 4.73. The van der Waals surface area contributed by atoms with Crippen LogP contribution in [0.1, 0.15) is 12.5 Å². The van der Waals surface area contributed by atoms with E-state index >= 15 is 0 Å². The number of rotatable bonds is 4. The molecule has 0 radical (unpaired) electrons. The molecule has 0 fully saturated rings. The van der Waals surface area contributed by atoms with Crippen molar-refractivity contribution in [2.45, 2.75) is 23.1 Å². The van der Waals surface area contributed by atoms with Crippen molar-refractivity contribution in [2.24, 2.45) is 0 Å². The Hall–Kier alpha value is -2.12. The summed E-state index contributed by atoms with van der Waals surface area (Å²) in [6.45, 7) is 1.98. The molecule has 0 aliphatic heterocycles. The van der Waals surface area contributed by atoms with Crippen LogP contribution in [0.5, 0.6) is 0 Å². The van der Waals surface area contributed by atoms with Crippen LogP contribution in [-0.4, -0.2) is 4.92 Å². The third-order valence-electron chi connectivity index (χ3n) is 3.55. The molecule has 0 N–H and O–H groups in total. The third kappa shape index (κ3) is 3.22. The van der Waals surface area contributed by atoms with Gasteiger partial charge in [0.15, 0.2) is 0 Å². The monoisotopic (exact) mass is 405 g/mol. The average molecular weight is 406 g/mol. The van der Waals surface area contributed by atoms with Crippen LogP contribution in [-0.2, 0) is 6.42 Å². The van der Waals surface area contributed by atoms with Crippen LogP contribution in [0.3, 0.4) is 0 Å². The lowest BCUT2D eigenvalue weighted by Gasteiger charge is -2.10. The number of nitro benzene ring substituents is 1. The molecule has 2 aromatic carbocycles. The number of hydrogen-bond donors (Lipinski definition) is 0. The lowest BCUT2D eigenvalue weighted by molar-refractivity contribution is -0.384. The Morgan fingerprint density at radius 1 is 1.21 bits per heavy atom. The summed E-state index contributed by atoms with van der Waals surface area (Å²) in [6, 6.07) is 11.6. The van der Waals surface area contributed by atoms with Gasteiger partial charge in [0, 0.05) is 26.9 Å². The Morgan fingerprint density at radius 3 is 2.54 bits per heavy atom. The lowest BCUT2D eigenvalue weighted by Crippen LogP contribution is -2.06. The van der Waals surface area contributed by atoms with E-state index < -0.39 is 10.5 Å². The zero-order valence-electron chi connectivity index (χ0n) is 12.6.